The Balaban J connectivity index is 1.19. The molecule has 1 aliphatic carbocycles. The third-order valence-corrected chi connectivity index (χ3v) is 7.80. The summed E-state index contributed by atoms with van der Waals surface area (Å²) in [5, 5.41) is 4.28. The molecular formula is C32H33N3O4. The van der Waals surface area contributed by atoms with E-state index in [1.54, 1.807) is 0 Å². The Morgan fingerprint density at radius 2 is 1.62 bits per heavy atom. The van der Waals surface area contributed by atoms with Crippen molar-refractivity contribution in [3.05, 3.63) is 89.2 Å². The van der Waals surface area contributed by atoms with E-state index in [0.29, 0.717) is 13.0 Å². The highest BCUT2D eigenvalue weighted by Crippen LogP contribution is 2.49. The number of carbonyl (C=O) groups is 1. The van der Waals surface area contributed by atoms with Crippen molar-refractivity contribution < 1.29 is 18.8 Å². The van der Waals surface area contributed by atoms with Gasteiger partial charge in [-0.05, 0) is 55.5 Å². The van der Waals surface area contributed by atoms with E-state index in [1.165, 1.54) is 0 Å². The quantitative estimate of drug-likeness (QED) is 0.273. The highest BCUT2D eigenvalue weighted by molar-refractivity contribution is 5.87. The van der Waals surface area contributed by atoms with Crippen LogP contribution in [0.15, 0.2) is 71.3 Å². The average Bonchev–Trinajstić information content (AvgIpc) is 3.73. The molecule has 2 aromatic heterocycles. The maximum absolute atomic E-state index is 12.4. The van der Waals surface area contributed by atoms with Gasteiger partial charge in [0, 0.05) is 36.3 Å². The number of ether oxygens (including phenoxy) is 2. The first-order valence-electron chi connectivity index (χ1n) is 13.7. The molecule has 0 spiro atoms. The van der Waals surface area contributed by atoms with Gasteiger partial charge >= 0.3 is 5.97 Å². The van der Waals surface area contributed by atoms with Crippen molar-refractivity contribution in [3.8, 4) is 22.5 Å². The predicted molar refractivity (Wildman–Crippen MR) is 150 cm³/mol. The van der Waals surface area contributed by atoms with Crippen molar-refractivity contribution in [3.63, 3.8) is 0 Å². The molecule has 0 radical (unpaired) electrons. The molecule has 0 unspecified atom stereocenters. The maximum atomic E-state index is 12.4. The van der Waals surface area contributed by atoms with Crippen molar-refractivity contribution in [1.29, 1.82) is 0 Å². The standard InChI is InChI=1S/C32H33N3O4/c1-3-38-31(36)32(15-16-32)26-13-11-24(12-14-26)23-7-9-25(10-8-23)30-28(22(2)34-39-30)21-27-5-4-6-29(33-27)35-17-19-37-20-18-35/h4-14H,3,15-21H2,1-2H3. The van der Waals surface area contributed by atoms with E-state index in [4.69, 9.17) is 19.0 Å². The van der Waals surface area contributed by atoms with Crippen LogP contribution >= 0.6 is 0 Å². The first kappa shape index (κ1) is 25.3. The second-order valence-electron chi connectivity index (χ2n) is 10.3. The Morgan fingerprint density at radius 3 is 2.28 bits per heavy atom. The summed E-state index contributed by atoms with van der Waals surface area (Å²) >= 11 is 0. The summed E-state index contributed by atoms with van der Waals surface area (Å²) in [5.74, 6) is 1.65. The van der Waals surface area contributed by atoms with Crippen molar-refractivity contribution in [1.82, 2.24) is 10.1 Å². The van der Waals surface area contributed by atoms with Gasteiger partial charge in [0.05, 0.1) is 30.9 Å². The van der Waals surface area contributed by atoms with Crippen molar-refractivity contribution >= 4 is 11.8 Å². The Kier molecular flexibility index (Phi) is 6.92. The molecule has 2 aromatic carbocycles. The number of rotatable bonds is 8. The second kappa shape index (κ2) is 10.7. The zero-order valence-electron chi connectivity index (χ0n) is 22.5. The number of aromatic nitrogens is 2. The molecule has 200 valence electrons. The van der Waals surface area contributed by atoms with E-state index >= 15 is 0 Å². The normalized spacial score (nSPS) is 16.2. The number of esters is 1. The number of aryl methyl sites for hydroxylation is 1. The molecule has 39 heavy (non-hydrogen) atoms. The Labute approximate surface area is 228 Å². The van der Waals surface area contributed by atoms with Gasteiger partial charge in [-0.1, -0.05) is 59.8 Å². The van der Waals surface area contributed by atoms with E-state index in [1.807, 2.05) is 13.8 Å². The summed E-state index contributed by atoms with van der Waals surface area (Å²) in [7, 11) is 0. The summed E-state index contributed by atoms with van der Waals surface area (Å²) in [5.41, 5.74) is 6.68. The molecule has 7 nitrogen and oxygen atoms in total. The Hall–Kier alpha value is -3.97. The summed E-state index contributed by atoms with van der Waals surface area (Å²) < 4.78 is 16.6. The molecule has 2 aliphatic rings. The van der Waals surface area contributed by atoms with Crippen molar-refractivity contribution in [2.24, 2.45) is 0 Å². The fraction of sp³-hybridized carbons (Fsp3) is 0.344. The van der Waals surface area contributed by atoms with Crippen LogP contribution in [0.4, 0.5) is 5.82 Å². The van der Waals surface area contributed by atoms with Crippen LogP contribution in [0.25, 0.3) is 22.5 Å². The number of pyridine rings is 1. The van der Waals surface area contributed by atoms with Gasteiger partial charge in [-0.3, -0.25) is 4.79 Å². The topological polar surface area (TPSA) is 77.7 Å². The molecule has 0 N–H and O–H groups in total. The molecule has 1 aliphatic heterocycles. The highest BCUT2D eigenvalue weighted by Gasteiger charge is 2.52. The number of carbonyl (C=O) groups excluding carboxylic acids is 1. The minimum Gasteiger partial charge on any atom is -0.465 e. The largest absolute Gasteiger partial charge is 0.465 e. The van der Waals surface area contributed by atoms with Crippen molar-refractivity contribution in [2.75, 3.05) is 37.8 Å². The SMILES string of the molecule is CCOC(=O)C1(c2ccc(-c3ccc(-c4onc(C)c4Cc4cccc(N5CCOCC5)n4)cc3)cc2)CC1. The summed E-state index contributed by atoms with van der Waals surface area (Å²) in [6.45, 7) is 7.42. The number of nitrogens with zero attached hydrogens (tertiary/aromatic N) is 3. The number of morpholine rings is 1. The number of anilines is 1. The van der Waals surface area contributed by atoms with Gasteiger partial charge in [-0.2, -0.15) is 0 Å². The smallest absolute Gasteiger partial charge is 0.316 e. The van der Waals surface area contributed by atoms with Gasteiger partial charge in [-0.15, -0.1) is 0 Å². The van der Waals surface area contributed by atoms with E-state index in [-0.39, 0.29) is 5.97 Å². The monoisotopic (exact) mass is 523 g/mol. The maximum Gasteiger partial charge on any atom is 0.316 e. The third kappa shape index (κ3) is 5.06. The average molecular weight is 524 g/mol. The van der Waals surface area contributed by atoms with Gasteiger partial charge in [0.15, 0.2) is 5.76 Å². The van der Waals surface area contributed by atoms with E-state index < -0.39 is 5.41 Å². The Bertz CT molecular complexity index is 1450. The zero-order chi connectivity index (χ0) is 26.8. The first-order chi connectivity index (χ1) is 19.1. The highest BCUT2D eigenvalue weighted by atomic mass is 16.5. The van der Waals surface area contributed by atoms with Gasteiger partial charge < -0.3 is 18.9 Å². The van der Waals surface area contributed by atoms with Crippen LogP contribution in [0, 0.1) is 6.92 Å². The van der Waals surface area contributed by atoms with Crippen LogP contribution in [0.2, 0.25) is 0 Å². The third-order valence-electron chi connectivity index (χ3n) is 7.80. The molecule has 0 bridgehead atoms. The van der Waals surface area contributed by atoms with Crippen LogP contribution in [-0.4, -0.2) is 49.0 Å². The summed E-state index contributed by atoms with van der Waals surface area (Å²) in [6, 6.07) is 22.8. The molecule has 1 saturated carbocycles. The van der Waals surface area contributed by atoms with E-state index in [2.05, 4.69) is 76.8 Å². The lowest BCUT2D eigenvalue weighted by Crippen LogP contribution is -2.36. The number of benzene rings is 2. The molecule has 7 heteroatoms. The van der Waals surface area contributed by atoms with Crippen LogP contribution in [0.3, 0.4) is 0 Å². The first-order valence-corrected chi connectivity index (χ1v) is 13.7. The summed E-state index contributed by atoms with van der Waals surface area (Å²) in [4.78, 5) is 19.6. The number of hydrogen-bond acceptors (Lipinski definition) is 7. The van der Waals surface area contributed by atoms with Gasteiger partial charge in [0.1, 0.15) is 5.82 Å². The van der Waals surface area contributed by atoms with E-state index in [0.717, 1.165) is 89.9 Å². The molecular weight excluding hydrogens is 490 g/mol. The molecule has 0 atom stereocenters. The molecule has 4 aromatic rings. The lowest BCUT2D eigenvalue weighted by Gasteiger charge is -2.28. The van der Waals surface area contributed by atoms with Crippen LogP contribution in [0.1, 0.15) is 42.3 Å². The summed E-state index contributed by atoms with van der Waals surface area (Å²) in [6.07, 6.45) is 2.35. The fourth-order valence-electron chi connectivity index (χ4n) is 5.34. The van der Waals surface area contributed by atoms with Crippen LogP contribution in [-0.2, 0) is 26.1 Å². The van der Waals surface area contributed by atoms with Gasteiger partial charge in [0.2, 0.25) is 0 Å². The van der Waals surface area contributed by atoms with Crippen LogP contribution < -0.4 is 4.90 Å². The minimum absolute atomic E-state index is 0.108. The molecule has 0 amide bonds. The van der Waals surface area contributed by atoms with E-state index in [9.17, 15) is 4.79 Å². The molecule has 2 fully saturated rings. The zero-order valence-corrected chi connectivity index (χ0v) is 22.5. The molecule has 1 saturated heterocycles. The lowest BCUT2D eigenvalue weighted by atomic mass is 9.93. The minimum atomic E-state index is -0.449. The molecule has 3 heterocycles. The Morgan fingerprint density at radius 1 is 0.949 bits per heavy atom. The van der Waals surface area contributed by atoms with Crippen molar-refractivity contribution in [2.45, 2.75) is 38.5 Å². The predicted octanol–water partition coefficient (Wildman–Crippen LogP) is 5.73. The second-order valence-corrected chi connectivity index (χ2v) is 10.3. The molecule has 6 rings (SSSR count). The van der Waals surface area contributed by atoms with Gasteiger partial charge in [0.25, 0.3) is 0 Å². The fourth-order valence-corrected chi connectivity index (χ4v) is 5.34. The van der Waals surface area contributed by atoms with Gasteiger partial charge in [-0.25, -0.2) is 4.98 Å². The number of hydrogen-bond donors (Lipinski definition) is 0. The van der Waals surface area contributed by atoms with Crippen LogP contribution in [0.5, 0.6) is 0 Å². The lowest BCUT2D eigenvalue weighted by molar-refractivity contribution is -0.146.